The van der Waals surface area contributed by atoms with Crippen molar-refractivity contribution in [2.75, 3.05) is 5.32 Å². The predicted molar refractivity (Wildman–Crippen MR) is 82.8 cm³/mol. The monoisotopic (exact) mass is 301 g/mol. The molecule has 3 aromatic carbocycles. The molecule has 0 aliphatic rings. The third-order valence-electron chi connectivity index (χ3n) is 3.55. The Hall–Kier alpha value is -2.49. The van der Waals surface area contributed by atoms with Gasteiger partial charge in [0.2, 0.25) is 0 Å². The Labute approximate surface area is 126 Å². The topological polar surface area (TPSA) is 12.0 Å². The number of alkyl halides is 3. The molecule has 112 valence electrons. The smallest absolute Gasteiger partial charge is 0.370 e. The van der Waals surface area contributed by atoms with Crippen LogP contribution in [0.5, 0.6) is 0 Å². The molecular weight excluding hydrogens is 287 g/mol. The Morgan fingerprint density at radius 2 is 1.36 bits per heavy atom. The molecule has 0 spiro atoms. The minimum absolute atomic E-state index is 0.197. The number of hydrogen-bond acceptors (Lipinski definition) is 1. The lowest BCUT2D eigenvalue weighted by atomic mass is 10.0. The number of rotatable bonds is 3. The van der Waals surface area contributed by atoms with Crippen LogP contribution in [0, 0.1) is 0 Å². The summed E-state index contributed by atoms with van der Waals surface area (Å²) in [4.78, 5) is 0. The van der Waals surface area contributed by atoms with Crippen LogP contribution < -0.4 is 5.32 Å². The van der Waals surface area contributed by atoms with E-state index in [-0.39, 0.29) is 5.56 Å². The molecule has 0 aliphatic carbocycles. The van der Waals surface area contributed by atoms with Crippen LogP contribution in [0.2, 0.25) is 0 Å². The second-order valence-corrected chi connectivity index (χ2v) is 5.06. The number of anilines is 1. The fraction of sp³-hybridized carbons (Fsp3) is 0.111. The average molecular weight is 301 g/mol. The van der Waals surface area contributed by atoms with E-state index in [4.69, 9.17) is 0 Å². The maximum Gasteiger partial charge on any atom is 0.412 e. The van der Waals surface area contributed by atoms with Crippen molar-refractivity contribution < 1.29 is 13.2 Å². The van der Waals surface area contributed by atoms with Crippen molar-refractivity contribution >= 4 is 16.5 Å². The van der Waals surface area contributed by atoms with Crippen molar-refractivity contribution in [2.24, 2.45) is 0 Å². The second kappa shape index (κ2) is 5.72. The highest BCUT2D eigenvalue weighted by molar-refractivity contribution is 5.93. The van der Waals surface area contributed by atoms with Crippen molar-refractivity contribution in [2.45, 2.75) is 12.2 Å². The Bertz CT molecular complexity index is 761. The van der Waals surface area contributed by atoms with E-state index in [1.807, 2.05) is 30.3 Å². The van der Waals surface area contributed by atoms with Crippen LogP contribution in [0.4, 0.5) is 18.9 Å². The molecule has 0 bridgehead atoms. The highest BCUT2D eigenvalue weighted by Gasteiger charge is 2.40. The summed E-state index contributed by atoms with van der Waals surface area (Å²) in [7, 11) is 0. The summed E-state index contributed by atoms with van der Waals surface area (Å²) in [5.74, 6) is 0. The molecule has 0 aromatic heterocycles. The van der Waals surface area contributed by atoms with Gasteiger partial charge in [-0.2, -0.15) is 13.2 Å². The molecule has 0 radical (unpaired) electrons. The largest absolute Gasteiger partial charge is 0.412 e. The zero-order chi connectivity index (χ0) is 15.6. The standard InChI is InChI=1S/C18H14F3N/c19-18(20,21)17(14-8-2-1-3-9-14)22-16-12-6-10-13-7-4-5-11-15(13)16/h1-12,17,22H/t17-/m0/s1. The number of halogens is 3. The van der Waals surface area contributed by atoms with Gasteiger partial charge in [0.15, 0.2) is 0 Å². The quantitative estimate of drug-likeness (QED) is 0.668. The molecule has 1 nitrogen and oxygen atoms in total. The first-order chi connectivity index (χ1) is 10.6. The number of nitrogens with one attached hydrogen (secondary N) is 1. The van der Waals surface area contributed by atoms with E-state index < -0.39 is 12.2 Å². The minimum Gasteiger partial charge on any atom is -0.370 e. The first-order valence-corrected chi connectivity index (χ1v) is 6.92. The lowest BCUT2D eigenvalue weighted by molar-refractivity contribution is -0.143. The van der Waals surface area contributed by atoms with Gasteiger partial charge in [0.1, 0.15) is 6.04 Å². The fourth-order valence-electron chi connectivity index (χ4n) is 2.51. The number of benzene rings is 3. The van der Waals surface area contributed by atoms with Gasteiger partial charge in [-0.25, -0.2) is 0 Å². The zero-order valence-corrected chi connectivity index (χ0v) is 11.6. The molecule has 0 saturated carbocycles. The lowest BCUT2D eigenvalue weighted by Gasteiger charge is -2.24. The zero-order valence-electron chi connectivity index (χ0n) is 11.6. The molecule has 3 aromatic rings. The van der Waals surface area contributed by atoms with E-state index in [9.17, 15) is 13.2 Å². The molecular formula is C18H14F3N. The first kappa shape index (κ1) is 14.4. The lowest BCUT2D eigenvalue weighted by Crippen LogP contribution is -2.27. The van der Waals surface area contributed by atoms with Gasteiger partial charge in [-0.1, -0.05) is 66.7 Å². The van der Waals surface area contributed by atoms with E-state index in [0.29, 0.717) is 5.69 Å². The summed E-state index contributed by atoms with van der Waals surface area (Å²) in [5.41, 5.74) is 0.673. The summed E-state index contributed by atoms with van der Waals surface area (Å²) < 4.78 is 40.3. The molecule has 3 rings (SSSR count). The molecule has 1 atom stereocenters. The van der Waals surface area contributed by atoms with Crippen molar-refractivity contribution in [3.63, 3.8) is 0 Å². The number of hydrogen-bond donors (Lipinski definition) is 1. The van der Waals surface area contributed by atoms with E-state index in [1.54, 1.807) is 30.3 Å². The van der Waals surface area contributed by atoms with Crippen molar-refractivity contribution in [1.29, 1.82) is 0 Å². The molecule has 0 aliphatic heterocycles. The van der Waals surface area contributed by atoms with Crippen LogP contribution in [-0.4, -0.2) is 6.18 Å². The predicted octanol–water partition coefficient (Wildman–Crippen LogP) is 5.56. The second-order valence-electron chi connectivity index (χ2n) is 5.06. The van der Waals surface area contributed by atoms with E-state index in [2.05, 4.69) is 5.32 Å². The van der Waals surface area contributed by atoms with E-state index in [0.717, 1.165) is 10.8 Å². The van der Waals surface area contributed by atoms with Crippen LogP contribution in [0.1, 0.15) is 11.6 Å². The third-order valence-corrected chi connectivity index (χ3v) is 3.55. The van der Waals surface area contributed by atoms with Gasteiger partial charge >= 0.3 is 6.18 Å². The average Bonchev–Trinajstić information content (AvgIpc) is 2.52. The molecule has 22 heavy (non-hydrogen) atoms. The van der Waals surface area contributed by atoms with Crippen LogP contribution >= 0.6 is 0 Å². The SMILES string of the molecule is FC(F)(F)[C@@H](Nc1cccc2ccccc12)c1ccccc1. The van der Waals surface area contributed by atoms with Gasteiger partial charge in [-0.3, -0.25) is 0 Å². The van der Waals surface area contributed by atoms with Gasteiger partial charge in [0.05, 0.1) is 0 Å². The van der Waals surface area contributed by atoms with Gasteiger partial charge in [0.25, 0.3) is 0 Å². The van der Waals surface area contributed by atoms with Gasteiger partial charge in [-0.05, 0) is 17.0 Å². The molecule has 4 heteroatoms. The van der Waals surface area contributed by atoms with Crippen molar-refractivity contribution in [1.82, 2.24) is 0 Å². The maximum atomic E-state index is 13.4. The molecule has 0 saturated heterocycles. The molecule has 0 unspecified atom stereocenters. The molecule has 0 fully saturated rings. The van der Waals surface area contributed by atoms with Crippen LogP contribution in [0.15, 0.2) is 72.8 Å². The van der Waals surface area contributed by atoms with Gasteiger partial charge in [-0.15, -0.1) is 0 Å². The Morgan fingerprint density at radius 3 is 2.09 bits per heavy atom. The Morgan fingerprint density at radius 1 is 0.727 bits per heavy atom. The highest BCUT2D eigenvalue weighted by Crippen LogP contribution is 2.37. The summed E-state index contributed by atoms with van der Waals surface area (Å²) in [6.07, 6.45) is -4.38. The van der Waals surface area contributed by atoms with Crippen LogP contribution in [0.25, 0.3) is 10.8 Å². The summed E-state index contributed by atoms with van der Waals surface area (Å²) in [5, 5.41) is 4.33. The van der Waals surface area contributed by atoms with Crippen LogP contribution in [0.3, 0.4) is 0 Å². The van der Waals surface area contributed by atoms with E-state index in [1.165, 1.54) is 12.1 Å². The molecule has 1 N–H and O–H groups in total. The van der Waals surface area contributed by atoms with Gasteiger partial charge in [0, 0.05) is 11.1 Å². The molecule has 0 amide bonds. The summed E-state index contributed by atoms with van der Waals surface area (Å²) in [6, 6.07) is 18.8. The highest BCUT2D eigenvalue weighted by atomic mass is 19.4. The van der Waals surface area contributed by atoms with Crippen molar-refractivity contribution in [3.8, 4) is 0 Å². The summed E-state index contributed by atoms with van der Waals surface area (Å²) in [6.45, 7) is 0. The summed E-state index contributed by atoms with van der Waals surface area (Å²) >= 11 is 0. The van der Waals surface area contributed by atoms with Crippen LogP contribution in [-0.2, 0) is 0 Å². The minimum atomic E-state index is -4.38. The normalized spacial score (nSPS) is 13.0. The Kier molecular flexibility index (Phi) is 3.75. The van der Waals surface area contributed by atoms with Gasteiger partial charge < -0.3 is 5.32 Å². The molecule has 0 heterocycles. The van der Waals surface area contributed by atoms with Crippen molar-refractivity contribution in [3.05, 3.63) is 78.4 Å². The van der Waals surface area contributed by atoms with E-state index >= 15 is 0 Å². The fourth-order valence-corrected chi connectivity index (χ4v) is 2.51. The first-order valence-electron chi connectivity index (χ1n) is 6.92. The number of fused-ring (bicyclic) bond motifs is 1. The Balaban J connectivity index is 2.03. The maximum absolute atomic E-state index is 13.4. The third kappa shape index (κ3) is 2.91.